The number of allylic oxidation sites excluding steroid dienone is 1. The Labute approximate surface area is 174 Å². The van der Waals surface area contributed by atoms with E-state index in [2.05, 4.69) is 0 Å². The molecule has 0 heterocycles. The summed E-state index contributed by atoms with van der Waals surface area (Å²) in [7, 11) is 0. The van der Waals surface area contributed by atoms with Gasteiger partial charge in [0.05, 0.1) is 5.92 Å². The second-order valence-electron chi connectivity index (χ2n) is 7.20. The molecule has 1 aliphatic carbocycles. The monoisotopic (exact) mass is 415 g/mol. The van der Waals surface area contributed by atoms with E-state index in [1.807, 2.05) is 50.2 Å². The lowest BCUT2D eigenvalue weighted by Gasteiger charge is -2.13. The van der Waals surface area contributed by atoms with Crippen LogP contribution in [0.5, 0.6) is 11.5 Å². The predicted octanol–water partition coefficient (Wildman–Crippen LogP) is 6.18. The highest BCUT2D eigenvalue weighted by Gasteiger charge is 2.64. The first-order chi connectivity index (χ1) is 13.4. The van der Waals surface area contributed by atoms with Crippen molar-refractivity contribution < 1.29 is 14.3 Å². The van der Waals surface area contributed by atoms with Gasteiger partial charge in [-0.3, -0.25) is 4.79 Å². The van der Waals surface area contributed by atoms with Crippen LogP contribution in [0.2, 0.25) is 0 Å². The number of benzene rings is 2. The minimum Gasteiger partial charge on any atom is -0.457 e. The molecule has 144 valence electrons. The van der Waals surface area contributed by atoms with Crippen LogP contribution in [0.1, 0.15) is 25.5 Å². The molecule has 0 unspecified atom stereocenters. The van der Waals surface area contributed by atoms with Crippen LogP contribution in [0.15, 0.2) is 65.2 Å². The van der Waals surface area contributed by atoms with Crippen molar-refractivity contribution in [1.29, 1.82) is 5.26 Å². The molecule has 1 aliphatic rings. The van der Waals surface area contributed by atoms with Gasteiger partial charge in [0.15, 0.2) is 0 Å². The Morgan fingerprint density at radius 2 is 1.82 bits per heavy atom. The minimum absolute atomic E-state index is 0.203. The van der Waals surface area contributed by atoms with Crippen LogP contribution >= 0.6 is 23.2 Å². The van der Waals surface area contributed by atoms with E-state index in [9.17, 15) is 10.1 Å². The van der Waals surface area contributed by atoms with Gasteiger partial charge in [0, 0.05) is 22.0 Å². The fourth-order valence-corrected chi connectivity index (χ4v) is 3.93. The highest BCUT2D eigenvalue weighted by atomic mass is 35.5. The molecule has 4 nitrogen and oxygen atoms in total. The highest BCUT2D eigenvalue weighted by Crippen LogP contribution is 2.63. The molecule has 6 heteroatoms. The predicted molar refractivity (Wildman–Crippen MR) is 108 cm³/mol. The molecule has 0 N–H and O–H groups in total. The summed E-state index contributed by atoms with van der Waals surface area (Å²) in [4.78, 5) is 12.6. The fraction of sp³-hybridized carbons (Fsp3) is 0.273. The van der Waals surface area contributed by atoms with Gasteiger partial charge in [0.25, 0.3) is 0 Å². The molecule has 0 radical (unpaired) electrons. The summed E-state index contributed by atoms with van der Waals surface area (Å²) in [6, 6.07) is 18.3. The van der Waals surface area contributed by atoms with Crippen molar-refractivity contribution in [2.75, 3.05) is 0 Å². The average molecular weight is 416 g/mol. The summed E-state index contributed by atoms with van der Waals surface area (Å²) in [5.41, 5.74) is 1.45. The minimum atomic E-state index is -1.04. The first-order valence-electron chi connectivity index (χ1n) is 8.77. The molecule has 1 saturated carbocycles. The maximum Gasteiger partial charge on any atom is 0.311 e. The van der Waals surface area contributed by atoms with Crippen molar-refractivity contribution in [3.63, 3.8) is 0 Å². The molecule has 2 aromatic rings. The Hall–Kier alpha value is -2.48. The third-order valence-corrected chi connectivity index (χ3v) is 5.66. The Morgan fingerprint density at radius 1 is 1.14 bits per heavy atom. The number of hydrogen-bond acceptors (Lipinski definition) is 4. The second-order valence-corrected chi connectivity index (χ2v) is 7.86. The van der Waals surface area contributed by atoms with Crippen molar-refractivity contribution >= 4 is 29.2 Å². The summed E-state index contributed by atoms with van der Waals surface area (Å²) in [6.07, 6.45) is -1.04. The van der Waals surface area contributed by atoms with Crippen LogP contribution in [0, 0.1) is 28.6 Å². The zero-order valence-corrected chi connectivity index (χ0v) is 16.9. The molecule has 0 aromatic heterocycles. The fourth-order valence-electron chi connectivity index (χ4n) is 3.38. The number of halogens is 2. The zero-order valence-electron chi connectivity index (χ0n) is 15.4. The maximum atomic E-state index is 12.6. The normalized spacial score (nSPS) is 21.3. The van der Waals surface area contributed by atoms with Gasteiger partial charge in [0.2, 0.25) is 6.10 Å². The lowest BCUT2D eigenvalue weighted by atomic mass is 10.1. The number of nitriles is 1. The molecule has 28 heavy (non-hydrogen) atoms. The molecule has 3 atom stereocenters. The third-order valence-electron chi connectivity index (χ3n) is 4.97. The van der Waals surface area contributed by atoms with Gasteiger partial charge in [-0.2, -0.15) is 5.26 Å². The number of carbonyl (C=O) groups excluding carboxylic acids is 1. The molecule has 1 fully saturated rings. The number of nitrogens with zero attached hydrogens (tertiary/aromatic N) is 1. The van der Waals surface area contributed by atoms with Crippen LogP contribution in [-0.2, 0) is 9.53 Å². The number of esters is 1. The van der Waals surface area contributed by atoms with Gasteiger partial charge < -0.3 is 9.47 Å². The molecule has 2 aromatic carbocycles. The third kappa shape index (κ3) is 4.16. The highest BCUT2D eigenvalue weighted by molar-refractivity contribution is 6.37. The number of hydrogen-bond donors (Lipinski definition) is 0. The summed E-state index contributed by atoms with van der Waals surface area (Å²) < 4.78 is 11.3. The Bertz CT molecular complexity index is 934. The average Bonchev–Trinajstić information content (AvgIpc) is 3.28. The van der Waals surface area contributed by atoms with E-state index in [1.54, 1.807) is 24.3 Å². The summed E-state index contributed by atoms with van der Waals surface area (Å²) in [5.74, 6) is 0.126. The number of rotatable bonds is 6. The van der Waals surface area contributed by atoms with E-state index in [1.165, 1.54) is 5.54 Å². The van der Waals surface area contributed by atoms with Crippen molar-refractivity contribution in [2.45, 2.75) is 20.0 Å². The molecule has 3 rings (SSSR count). The Balaban J connectivity index is 1.73. The van der Waals surface area contributed by atoms with Crippen molar-refractivity contribution in [3.05, 3.63) is 70.7 Å². The smallest absolute Gasteiger partial charge is 0.311 e. The summed E-state index contributed by atoms with van der Waals surface area (Å²) >= 11 is 11.8. The van der Waals surface area contributed by atoms with Gasteiger partial charge in [-0.25, -0.2) is 0 Å². The van der Waals surface area contributed by atoms with Gasteiger partial charge in [-0.15, -0.1) is 0 Å². The molecule has 0 amide bonds. The van der Waals surface area contributed by atoms with Gasteiger partial charge in [0.1, 0.15) is 17.6 Å². The van der Waals surface area contributed by atoms with Gasteiger partial charge in [-0.1, -0.05) is 67.4 Å². The van der Waals surface area contributed by atoms with E-state index < -0.39 is 18.0 Å². The van der Waals surface area contributed by atoms with Crippen LogP contribution < -0.4 is 4.74 Å². The van der Waals surface area contributed by atoms with E-state index in [4.69, 9.17) is 32.7 Å². The van der Waals surface area contributed by atoms with Crippen LogP contribution in [0.3, 0.4) is 0 Å². The molecular weight excluding hydrogens is 397 g/mol. The Kier molecular flexibility index (Phi) is 5.98. The summed E-state index contributed by atoms with van der Waals surface area (Å²) in [6.45, 7) is 3.84. The number of ether oxygens (including phenoxy) is 2. The second kappa shape index (κ2) is 8.26. The van der Waals surface area contributed by atoms with Gasteiger partial charge >= 0.3 is 5.97 Å². The van der Waals surface area contributed by atoms with E-state index in [-0.39, 0.29) is 11.3 Å². The lowest BCUT2D eigenvalue weighted by molar-refractivity contribution is -0.149. The standard InChI is InChI=1S/C22H19Cl2NO3/c1-22(2)19(17(24)12-23)20(22)21(26)28-18(13-25)14-7-6-10-16(11-14)27-15-8-4-3-5-9-15/h3-12,18-20H,1-2H3/t18-,19+,20-/m0/s1. The lowest BCUT2D eigenvalue weighted by Crippen LogP contribution is -2.14. The quantitative estimate of drug-likeness (QED) is 0.528. The number of para-hydroxylation sites is 1. The number of carbonyl (C=O) groups is 1. The van der Waals surface area contributed by atoms with Crippen molar-refractivity contribution in [1.82, 2.24) is 0 Å². The van der Waals surface area contributed by atoms with E-state index in [0.717, 1.165) is 0 Å². The van der Waals surface area contributed by atoms with E-state index >= 15 is 0 Å². The topological polar surface area (TPSA) is 59.3 Å². The first-order valence-corrected chi connectivity index (χ1v) is 9.58. The first kappa shape index (κ1) is 20.3. The van der Waals surface area contributed by atoms with Crippen LogP contribution in [-0.4, -0.2) is 5.97 Å². The van der Waals surface area contributed by atoms with Gasteiger partial charge in [-0.05, 0) is 29.7 Å². The summed E-state index contributed by atoms with van der Waals surface area (Å²) in [5, 5.41) is 9.95. The molecule has 0 aliphatic heterocycles. The molecule has 0 bridgehead atoms. The molecule has 0 saturated heterocycles. The van der Waals surface area contributed by atoms with Crippen LogP contribution in [0.4, 0.5) is 0 Å². The maximum absolute atomic E-state index is 12.6. The largest absolute Gasteiger partial charge is 0.457 e. The molecular formula is C22H19Cl2NO3. The zero-order chi connectivity index (χ0) is 20.3. The molecule has 0 spiro atoms. The van der Waals surface area contributed by atoms with Crippen molar-refractivity contribution in [3.8, 4) is 17.6 Å². The van der Waals surface area contributed by atoms with E-state index in [0.29, 0.717) is 22.1 Å². The van der Waals surface area contributed by atoms with Crippen molar-refractivity contribution in [2.24, 2.45) is 17.3 Å². The SMILES string of the molecule is CC1(C)[C@H](C(=O)O[C@@H](C#N)c2cccc(Oc3ccccc3)c2)[C@H]1C(Cl)=CCl. The van der Waals surface area contributed by atoms with Crippen LogP contribution in [0.25, 0.3) is 0 Å². The Morgan fingerprint density at radius 3 is 2.46 bits per heavy atom.